The maximum Gasteiger partial charge on any atom is 0.234 e. The van der Waals surface area contributed by atoms with E-state index in [0.29, 0.717) is 25.4 Å². The Morgan fingerprint density at radius 1 is 0.938 bits per heavy atom. The van der Waals surface area contributed by atoms with E-state index >= 15 is 0 Å². The number of carbonyl (C=O) groups is 2. The van der Waals surface area contributed by atoms with E-state index in [1.54, 1.807) is 18.1 Å². The Morgan fingerprint density at radius 2 is 1.69 bits per heavy atom. The highest BCUT2D eigenvalue weighted by Crippen LogP contribution is 2.50. The molecule has 4 aliphatic rings. The Bertz CT molecular complexity index is 1710. The van der Waals surface area contributed by atoms with Gasteiger partial charge in [-0.2, -0.15) is 0 Å². The molecule has 3 heterocycles. The third kappa shape index (κ3) is 6.36. The van der Waals surface area contributed by atoms with Crippen LogP contribution in [-0.2, 0) is 25.6 Å². The van der Waals surface area contributed by atoms with Gasteiger partial charge in [-0.1, -0.05) is 85.7 Å². The van der Waals surface area contributed by atoms with Crippen molar-refractivity contribution in [2.24, 2.45) is 17.8 Å². The highest BCUT2D eigenvalue weighted by atomic mass is 16.5. The van der Waals surface area contributed by atoms with Crippen molar-refractivity contribution in [3.8, 4) is 5.75 Å². The van der Waals surface area contributed by atoms with Gasteiger partial charge >= 0.3 is 0 Å². The van der Waals surface area contributed by atoms with E-state index in [4.69, 9.17) is 9.47 Å². The average Bonchev–Trinajstić information content (AvgIpc) is 3.64. The number of phenols is 1. The van der Waals surface area contributed by atoms with Crippen molar-refractivity contribution in [1.29, 1.82) is 0 Å². The van der Waals surface area contributed by atoms with Crippen molar-refractivity contribution in [3.05, 3.63) is 94.6 Å². The minimum absolute atomic E-state index is 0.0110. The molecular formula is C41H48N2O5. The van der Waals surface area contributed by atoms with Crippen LogP contribution < -0.4 is 0 Å². The van der Waals surface area contributed by atoms with E-state index < -0.39 is 0 Å². The smallest absolute Gasteiger partial charge is 0.234 e. The zero-order valence-electron chi connectivity index (χ0n) is 28.3. The van der Waals surface area contributed by atoms with Gasteiger partial charge in [0.1, 0.15) is 5.75 Å². The second kappa shape index (κ2) is 14.4. The quantitative estimate of drug-likeness (QED) is 0.176. The molecule has 4 atom stereocenters. The standard InChI is InChI=1S/C41H48N2O5/c1-3-9-27(22-29-15-16-36(44)33-13-8-7-12-32(29)33)14-17-37-38-30(25-47-2)23-34-39(35(38)26-48-37)41(46)43(40(34)45)31-18-20-42(21-19-31)24-28-10-5-4-6-11-28/h4-8,10-13,15-16,22,31,34-35,37,39,44H,3,9,14,17-21,23-26H2,1-2H3/b27-22+/t34-,35+,37-,39-/m1/s1. The predicted molar refractivity (Wildman–Crippen MR) is 188 cm³/mol. The lowest BCUT2D eigenvalue weighted by Gasteiger charge is -2.36. The largest absolute Gasteiger partial charge is 0.507 e. The maximum atomic E-state index is 14.2. The number of nitrogens with zero attached hydrogens (tertiary/aromatic N) is 2. The molecule has 48 heavy (non-hydrogen) atoms. The molecule has 3 fully saturated rings. The Labute approximate surface area is 284 Å². The molecule has 0 spiro atoms. The third-order valence-corrected chi connectivity index (χ3v) is 11.1. The number of hydrogen-bond acceptors (Lipinski definition) is 6. The number of allylic oxidation sites excluding steroid dienone is 1. The van der Waals surface area contributed by atoms with E-state index in [0.717, 1.165) is 80.1 Å². The zero-order chi connectivity index (χ0) is 33.2. The predicted octanol–water partition coefficient (Wildman–Crippen LogP) is 7.14. The lowest BCUT2D eigenvalue weighted by molar-refractivity contribution is -0.144. The molecule has 7 nitrogen and oxygen atoms in total. The number of ether oxygens (including phenoxy) is 2. The summed E-state index contributed by atoms with van der Waals surface area (Å²) in [5.74, 6) is -0.408. The Balaban J connectivity index is 1.06. The van der Waals surface area contributed by atoms with E-state index in [9.17, 15) is 14.7 Å². The number of imide groups is 1. The number of phenolic OH excluding ortho intramolecular Hbond substituents is 1. The topological polar surface area (TPSA) is 79.3 Å². The number of hydrogen-bond donors (Lipinski definition) is 1. The molecule has 1 N–H and O–H groups in total. The molecule has 0 radical (unpaired) electrons. The van der Waals surface area contributed by atoms with Crippen molar-refractivity contribution < 1.29 is 24.2 Å². The van der Waals surface area contributed by atoms with Gasteiger partial charge in [-0.25, -0.2) is 0 Å². The number of methoxy groups -OCH3 is 1. The van der Waals surface area contributed by atoms with E-state index in [1.165, 1.54) is 16.7 Å². The molecule has 1 aliphatic carbocycles. The monoisotopic (exact) mass is 648 g/mol. The van der Waals surface area contributed by atoms with Crippen LogP contribution in [0.3, 0.4) is 0 Å². The molecule has 0 bridgehead atoms. The summed E-state index contributed by atoms with van der Waals surface area (Å²) < 4.78 is 12.2. The first-order valence-electron chi connectivity index (χ1n) is 17.8. The molecule has 3 aromatic carbocycles. The molecule has 7 rings (SSSR count). The summed E-state index contributed by atoms with van der Waals surface area (Å²) in [5, 5.41) is 12.3. The van der Waals surface area contributed by atoms with Crippen molar-refractivity contribution in [3.63, 3.8) is 0 Å². The number of benzene rings is 3. The number of fused-ring (bicyclic) bond motifs is 4. The second-order valence-corrected chi connectivity index (χ2v) is 14.1. The molecule has 3 aliphatic heterocycles. The zero-order valence-corrected chi connectivity index (χ0v) is 28.3. The van der Waals surface area contributed by atoms with E-state index in [2.05, 4.69) is 48.2 Å². The lowest BCUT2D eigenvalue weighted by Crippen LogP contribution is -2.47. The summed E-state index contributed by atoms with van der Waals surface area (Å²) in [5.41, 5.74) is 6.11. The van der Waals surface area contributed by atoms with Crippen LogP contribution in [0.25, 0.3) is 16.8 Å². The van der Waals surface area contributed by atoms with E-state index in [-0.39, 0.29) is 41.7 Å². The number of amides is 2. The van der Waals surface area contributed by atoms with Gasteiger partial charge in [-0.05, 0) is 72.3 Å². The van der Waals surface area contributed by atoms with Gasteiger partial charge in [0.25, 0.3) is 0 Å². The normalized spacial score (nSPS) is 25.3. The highest BCUT2D eigenvalue weighted by molar-refractivity contribution is 6.06. The molecule has 3 aromatic rings. The maximum absolute atomic E-state index is 14.2. The summed E-state index contributed by atoms with van der Waals surface area (Å²) >= 11 is 0. The van der Waals surface area contributed by atoms with Gasteiger partial charge in [0.05, 0.1) is 31.2 Å². The molecule has 0 unspecified atom stereocenters. The number of piperidine rings is 1. The van der Waals surface area contributed by atoms with Crippen LogP contribution in [0.15, 0.2) is 83.4 Å². The van der Waals surface area contributed by atoms with Crippen LogP contribution >= 0.6 is 0 Å². The number of carbonyl (C=O) groups excluding carboxylic acids is 2. The molecule has 252 valence electrons. The van der Waals surface area contributed by atoms with Gasteiger partial charge < -0.3 is 14.6 Å². The Morgan fingerprint density at radius 3 is 2.44 bits per heavy atom. The fourth-order valence-electron chi connectivity index (χ4n) is 8.90. The van der Waals surface area contributed by atoms with Gasteiger partial charge in [0.15, 0.2) is 0 Å². The Kier molecular flexibility index (Phi) is 9.81. The van der Waals surface area contributed by atoms with Crippen LogP contribution in [-0.4, -0.2) is 72.3 Å². The Hall–Kier alpha value is -3.78. The molecule has 2 amide bonds. The first kappa shape index (κ1) is 32.8. The van der Waals surface area contributed by atoms with Crippen LogP contribution in [0, 0.1) is 17.8 Å². The second-order valence-electron chi connectivity index (χ2n) is 14.1. The molecule has 7 heteroatoms. The van der Waals surface area contributed by atoms with Gasteiger partial charge in [-0.15, -0.1) is 0 Å². The minimum atomic E-state index is -0.338. The van der Waals surface area contributed by atoms with E-state index in [1.807, 2.05) is 30.3 Å². The number of rotatable bonds is 11. The summed E-state index contributed by atoms with van der Waals surface area (Å²) in [6, 6.07) is 22.2. The number of aromatic hydroxyl groups is 1. The van der Waals surface area contributed by atoms with Crippen LogP contribution in [0.1, 0.15) is 63.0 Å². The lowest BCUT2D eigenvalue weighted by atomic mass is 9.69. The van der Waals surface area contributed by atoms with Crippen LogP contribution in [0.5, 0.6) is 5.75 Å². The highest BCUT2D eigenvalue weighted by Gasteiger charge is 2.58. The fraction of sp³-hybridized carbons (Fsp3) is 0.463. The summed E-state index contributed by atoms with van der Waals surface area (Å²) in [4.78, 5) is 32.3. The molecule has 0 aromatic heterocycles. The first-order valence-corrected chi connectivity index (χ1v) is 17.8. The van der Waals surface area contributed by atoms with Crippen molar-refractivity contribution in [1.82, 2.24) is 9.80 Å². The minimum Gasteiger partial charge on any atom is -0.507 e. The molecular weight excluding hydrogens is 600 g/mol. The van der Waals surface area contributed by atoms with Crippen molar-refractivity contribution >= 4 is 28.7 Å². The summed E-state index contributed by atoms with van der Waals surface area (Å²) in [6.07, 6.45) is 8.13. The molecule has 3 saturated heterocycles. The fourth-order valence-corrected chi connectivity index (χ4v) is 8.90. The number of likely N-dealkylation sites (tertiary alicyclic amines) is 2. The van der Waals surface area contributed by atoms with Gasteiger partial charge in [-0.3, -0.25) is 19.4 Å². The van der Waals surface area contributed by atoms with Crippen LogP contribution in [0.2, 0.25) is 0 Å². The molecule has 0 saturated carbocycles. The van der Waals surface area contributed by atoms with Gasteiger partial charge in [0.2, 0.25) is 11.8 Å². The average molecular weight is 649 g/mol. The first-order chi connectivity index (χ1) is 23.5. The summed E-state index contributed by atoms with van der Waals surface area (Å²) in [6.45, 7) is 5.81. The van der Waals surface area contributed by atoms with Crippen LogP contribution in [0.4, 0.5) is 0 Å². The van der Waals surface area contributed by atoms with Crippen molar-refractivity contribution in [2.75, 3.05) is 33.4 Å². The summed E-state index contributed by atoms with van der Waals surface area (Å²) in [7, 11) is 1.71. The van der Waals surface area contributed by atoms with Crippen molar-refractivity contribution in [2.45, 2.75) is 70.6 Å². The third-order valence-electron chi connectivity index (χ3n) is 11.1. The SMILES string of the molecule is CCC/C(=C\c1ccc(O)c2ccccc12)CC[C@H]1OC[C@H]2C1=C(COC)C[C@H]1C(=O)N(C3CCN(Cc4ccccc4)CC3)C(=O)[C@H]12. The van der Waals surface area contributed by atoms with Gasteiger partial charge in [0, 0.05) is 44.1 Å².